The molecule has 1 aliphatic rings. The van der Waals surface area contributed by atoms with E-state index in [-0.39, 0.29) is 5.56 Å². The SMILES string of the molecule is CS(=O)(=O)NC(=O)c1ccc(COc2cccc(-c3cccnc3OCC3CC3)c2)cc1. The predicted octanol–water partition coefficient (Wildman–Crippen LogP) is 3.81. The Labute approximate surface area is 187 Å². The van der Waals surface area contributed by atoms with Crippen molar-refractivity contribution in [3.8, 4) is 22.8 Å². The Hall–Kier alpha value is -3.39. The summed E-state index contributed by atoms with van der Waals surface area (Å²) >= 11 is 0. The molecule has 0 spiro atoms. The first kappa shape index (κ1) is 21.8. The number of nitrogens with zero attached hydrogens (tertiary/aromatic N) is 1. The Morgan fingerprint density at radius 1 is 1.06 bits per heavy atom. The monoisotopic (exact) mass is 452 g/mol. The highest BCUT2D eigenvalue weighted by Crippen LogP contribution is 2.33. The van der Waals surface area contributed by atoms with Crippen molar-refractivity contribution in [2.75, 3.05) is 12.9 Å². The van der Waals surface area contributed by atoms with Crippen LogP contribution in [0.4, 0.5) is 0 Å². The molecule has 1 aliphatic carbocycles. The largest absolute Gasteiger partial charge is 0.489 e. The smallest absolute Gasteiger partial charge is 0.264 e. The maximum absolute atomic E-state index is 11.9. The average Bonchev–Trinajstić information content (AvgIpc) is 3.60. The average molecular weight is 453 g/mol. The van der Waals surface area contributed by atoms with Crippen molar-refractivity contribution in [1.29, 1.82) is 0 Å². The summed E-state index contributed by atoms with van der Waals surface area (Å²) in [5, 5.41) is 0. The molecule has 0 bridgehead atoms. The summed E-state index contributed by atoms with van der Waals surface area (Å²) in [6, 6.07) is 18.2. The van der Waals surface area contributed by atoms with Crippen molar-refractivity contribution in [2.24, 2.45) is 5.92 Å². The summed E-state index contributed by atoms with van der Waals surface area (Å²) in [6.45, 7) is 0.994. The molecule has 1 aromatic heterocycles. The third-order valence-electron chi connectivity index (χ3n) is 4.97. The highest BCUT2D eigenvalue weighted by atomic mass is 32.2. The van der Waals surface area contributed by atoms with E-state index in [9.17, 15) is 13.2 Å². The number of rotatable bonds is 9. The van der Waals surface area contributed by atoms with Gasteiger partial charge in [0.2, 0.25) is 15.9 Å². The minimum Gasteiger partial charge on any atom is -0.489 e. The van der Waals surface area contributed by atoms with Gasteiger partial charge in [0.15, 0.2) is 0 Å². The molecule has 1 N–H and O–H groups in total. The van der Waals surface area contributed by atoms with Crippen LogP contribution in [0.2, 0.25) is 0 Å². The number of nitrogens with one attached hydrogen (secondary N) is 1. The van der Waals surface area contributed by atoms with Crippen LogP contribution in [0.5, 0.6) is 11.6 Å². The van der Waals surface area contributed by atoms with Crippen LogP contribution in [0.15, 0.2) is 66.9 Å². The second kappa shape index (κ2) is 9.40. The Balaban J connectivity index is 1.41. The van der Waals surface area contributed by atoms with E-state index in [4.69, 9.17) is 9.47 Å². The highest BCUT2D eigenvalue weighted by molar-refractivity contribution is 7.89. The van der Waals surface area contributed by atoms with Gasteiger partial charge in [-0.15, -0.1) is 0 Å². The fourth-order valence-electron chi connectivity index (χ4n) is 3.11. The number of hydrogen-bond acceptors (Lipinski definition) is 6. The van der Waals surface area contributed by atoms with E-state index >= 15 is 0 Å². The van der Waals surface area contributed by atoms with E-state index in [2.05, 4.69) is 4.98 Å². The Kier molecular flexibility index (Phi) is 6.41. The molecule has 0 atom stereocenters. The Bertz CT molecular complexity index is 1210. The lowest BCUT2D eigenvalue weighted by Crippen LogP contribution is -2.29. The molecule has 1 saturated carbocycles. The first-order chi connectivity index (χ1) is 15.4. The topological polar surface area (TPSA) is 94.6 Å². The molecule has 3 aromatic rings. The van der Waals surface area contributed by atoms with Gasteiger partial charge in [-0.3, -0.25) is 4.79 Å². The first-order valence-electron chi connectivity index (χ1n) is 10.3. The molecule has 1 fully saturated rings. The number of aromatic nitrogens is 1. The number of benzene rings is 2. The minimum atomic E-state index is -3.60. The van der Waals surface area contributed by atoms with Crippen molar-refractivity contribution < 1.29 is 22.7 Å². The van der Waals surface area contributed by atoms with Gasteiger partial charge in [-0.2, -0.15) is 0 Å². The van der Waals surface area contributed by atoms with Gasteiger partial charge in [0.05, 0.1) is 12.9 Å². The van der Waals surface area contributed by atoms with E-state index in [1.165, 1.54) is 12.8 Å². The van der Waals surface area contributed by atoms with Crippen LogP contribution in [0.1, 0.15) is 28.8 Å². The van der Waals surface area contributed by atoms with Crippen LogP contribution in [0.3, 0.4) is 0 Å². The molecule has 1 heterocycles. The molecular formula is C24H24N2O5S. The molecular weight excluding hydrogens is 428 g/mol. The number of ether oxygens (including phenoxy) is 2. The highest BCUT2D eigenvalue weighted by Gasteiger charge is 2.22. The number of carbonyl (C=O) groups excluding carboxylic acids is 1. The zero-order chi connectivity index (χ0) is 22.6. The molecule has 166 valence electrons. The molecule has 32 heavy (non-hydrogen) atoms. The zero-order valence-electron chi connectivity index (χ0n) is 17.7. The van der Waals surface area contributed by atoms with Crippen LogP contribution in [0, 0.1) is 5.92 Å². The third kappa shape index (κ3) is 6.07. The van der Waals surface area contributed by atoms with Crippen LogP contribution >= 0.6 is 0 Å². The van der Waals surface area contributed by atoms with E-state index < -0.39 is 15.9 Å². The van der Waals surface area contributed by atoms with Crippen LogP contribution in [-0.2, 0) is 16.6 Å². The maximum Gasteiger partial charge on any atom is 0.264 e. The van der Waals surface area contributed by atoms with Crippen molar-refractivity contribution in [3.05, 3.63) is 78.0 Å². The summed E-state index contributed by atoms with van der Waals surface area (Å²) in [5.74, 6) is 1.30. The van der Waals surface area contributed by atoms with Gasteiger partial charge in [-0.05, 0) is 66.3 Å². The van der Waals surface area contributed by atoms with Crippen LogP contribution in [0.25, 0.3) is 11.1 Å². The second-order valence-corrected chi connectivity index (χ2v) is 9.58. The summed E-state index contributed by atoms with van der Waals surface area (Å²) in [5.41, 5.74) is 2.98. The number of carbonyl (C=O) groups is 1. The van der Waals surface area contributed by atoms with Crippen LogP contribution in [-0.4, -0.2) is 32.2 Å². The van der Waals surface area contributed by atoms with Crippen molar-refractivity contribution in [2.45, 2.75) is 19.4 Å². The predicted molar refractivity (Wildman–Crippen MR) is 121 cm³/mol. The molecule has 0 aliphatic heterocycles. The van der Waals surface area contributed by atoms with Crippen LogP contribution < -0.4 is 14.2 Å². The normalized spacial score (nSPS) is 13.4. The van der Waals surface area contributed by atoms with E-state index in [1.807, 2.05) is 41.1 Å². The molecule has 2 aromatic carbocycles. The van der Waals surface area contributed by atoms with Crippen molar-refractivity contribution in [3.63, 3.8) is 0 Å². The standard InChI is InChI=1S/C24H24N2O5S/c1-32(28,29)26-23(27)19-11-9-18(10-12-19)15-30-21-5-2-4-20(14-21)22-6-3-13-25-24(22)31-16-17-7-8-17/h2-6,9-14,17H,7-8,15-16H2,1H3,(H,26,27). The quantitative estimate of drug-likeness (QED) is 0.531. The number of amides is 1. The number of pyridine rings is 1. The summed E-state index contributed by atoms with van der Waals surface area (Å²) in [6.07, 6.45) is 5.10. The third-order valence-corrected chi connectivity index (χ3v) is 5.52. The van der Waals surface area contributed by atoms with Gasteiger partial charge in [0, 0.05) is 17.3 Å². The fraction of sp³-hybridized carbons (Fsp3) is 0.250. The van der Waals surface area contributed by atoms with E-state index in [0.717, 1.165) is 22.9 Å². The fourth-order valence-corrected chi connectivity index (χ4v) is 3.56. The minimum absolute atomic E-state index is 0.261. The van der Waals surface area contributed by atoms with Gasteiger partial charge in [0.1, 0.15) is 12.4 Å². The van der Waals surface area contributed by atoms with Crippen molar-refractivity contribution in [1.82, 2.24) is 9.71 Å². The number of sulfonamides is 1. The molecule has 4 rings (SSSR count). The Morgan fingerprint density at radius 3 is 2.56 bits per heavy atom. The lowest BCUT2D eigenvalue weighted by atomic mass is 10.1. The summed E-state index contributed by atoms with van der Waals surface area (Å²) in [7, 11) is -3.60. The van der Waals surface area contributed by atoms with Gasteiger partial charge in [-0.25, -0.2) is 18.1 Å². The Morgan fingerprint density at radius 2 is 1.84 bits per heavy atom. The molecule has 0 unspecified atom stereocenters. The van der Waals surface area contributed by atoms with Crippen molar-refractivity contribution >= 4 is 15.9 Å². The lowest BCUT2D eigenvalue weighted by molar-refractivity contribution is 0.0981. The first-order valence-corrected chi connectivity index (χ1v) is 12.2. The zero-order valence-corrected chi connectivity index (χ0v) is 18.5. The molecule has 0 radical (unpaired) electrons. The lowest BCUT2D eigenvalue weighted by Gasteiger charge is -2.12. The maximum atomic E-state index is 11.9. The molecule has 8 heteroatoms. The summed E-state index contributed by atoms with van der Waals surface area (Å²) in [4.78, 5) is 16.3. The molecule has 7 nitrogen and oxygen atoms in total. The number of hydrogen-bond donors (Lipinski definition) is 1. The molecule has 1 amide bonds. The van der Waals surface area contributed by atoms with Gasteiger partial charge in [0.25, 0.3) is 5.91 Å². The van der Waals surface area contributed by atoms with E-state index in [1.54, 1.807) is 30.5 Å². The molecule has 0 saturated heterocycles. The van der Waals surface area contributed by atoms with Gasteiger partial charge < -0.3 is 9.47 Å². The second-order valence-electron chi connectivity index (χ2n) is 7.83. The van der Waals surface area contributed by atoms with E-state index in [0.29, 0.717) is 30.8 Å². The van der Waals surface area contributed by atoms with Gasteiger partial charge >= 0.3 is 0 Å². The van der Waals surface area contributed by atoms with Gasteiger partial charge in [-0.1, -0.05) is 24.3 Å². The summed E-state index contributed by atoms with van der Waals surface area (Å²) < 4.78 is 36.2.